The molecule has 7 nitrogen and oxygen atoms in total. The highest BCUT2D eigenvalue weighted by molar-refractivity contribution is 5.90. The summed E-state index contributed by atoms with van der Waals surface area (Å²) in [4.78, 5) is 11.6. The van der Waals surface area contributed by atoms with Gasteiger partial charge in [-0.05, 0) is 57.9 Å². The molecule has 1 saturated heterocycles. The molecule has 7 atom stereocenters. The molecule has 0 spiro atoms. The van der Waals surface area contributed by atoms with Crippen molar-refractivity contribution in [2.75, 3.05) is 0 Å². The van der Waals surface area contributed by atoms with E-state index in [2.05, 4.69) is 6.92 Å². The van der Waals surface area contributed by atoms with E-state index in [4.69, 9.17) is 9.47 Å². The Morgan fingerprint density at radius 1 is 0.659 bits per heavy atom. The Hall–Kier alpha value is -0.990. The number of cyclic esters (lactones) is 1. The molecule has 0 saturated carbocycles. The van der Waals surface area contributed by atoms with Crippen LogP contribution in [0.15, 0.2) is 11.6 Å². The van der Waals surface area contributed by atoms with E-state index in [-0.39, 0.29) is 30.4 Å². The quantitative estimate of drug-likeness (QED) is 0.0518. The molecule has 2 heterocycles. The number of esters is 1. The zero-order chi connectivity index (χ0) is 32.0. The summed E-state index contributed by atoms with van der Waals surface area (Å²) in [5.41, 5.74) is 0.696. The number of rotatable bonds is 28. The van der Waals surface area contributed by atoms with Crippen molar-refractivity contribution < 1.29 is 34.7 Å². The average molecular weight is 625 g/mol. The second-order valence-corrected chi connectivity index (χ2v) is 13.8. The lowest BCUT2D eigenvalue weighted by molar-refractivity contribution is -0.139. The van der Waals surface area contributed by atoms with Gasteiger partial charge >= 0.3 is 5.97 Å². The van der Waals surface area contributed by atoms with Gasteiger partial charge in [0, 0.05) is 12.0 Å². The average Bonchev–Trinajstić information content (AvgIpc) is 3.62. The Labute approximate surface area is 269 Å². The fourth-order valence-electron chi connectivity index (χ4n) is 6.76. The molecule has 0 aromatic heterocycles. The van der Waals surface area contributed by atoms with Crippen molar-refractivity contribution in [3.05, 3.63) is 11.6 Å². The molecule has 2 rings (SSSR count). The number of hydrogen-bond acceptors (Lipinski definition) is 7. The summed E-state index contributed by atoms with van der Waals surface area (Å²) in [5.74, 6) is -0.240. The first-order chi connectivity index (χ1) is 21.3. The number of aliphatic hydroxyl groups excluding tert-OH is 4. The van der Waals surface area contributed by atoms with Crippen LogP contribution in [0.1, 0.15) is 174 Å². The topological polar surface area (TPSA) is 116 Å². The third kappa shape index (κ3) is 17.6. The lowest BCUT2D eigenvalue weighted by Crippen LogP contribution is -2.33. The van der Waals surface area contributed by atoms with Crippen LogP contribution in [-0.4, -0.2) is 69.1 Å². The molecular weight excluding hydrogens is 556 g/mol. The summed E-state index contributed by atoms with van der Waals surface area (Å²) in [5, 5.41) is 41.9. The minimum absolute atomic E-state index is 0.145. The minimum atomic E-state index is -0.679. The lowest BCUT2D eigenvalue weighted by Gasteiger charge is -2.23. The first-order valence-corrected chi connectivity index (χ1v) is 18.6. The van der Waals surface area contributed by atoms with Crippen LogP contribution in [0.2, 0.25) is 0 Å². The number of carbonyl (C=O) groups is 1. The highest BCUT2D eigenvalue weighted by Gasteiger charge is 2.35. The molecule has 7 heteroatoms. The van der Waals surface area contributed by atoms with Gasteiger partial charge in [0.05, 0.1) is 36.6 Å². The van der Waals surface area contributed by atoms with E-state index in [9.17, 15) is 25.2 Å². The van der Waals surface area contributed by atoms with Crippen LogP contribution >= 0.6 is 0 Å². The molecule has 44 heavy (non-hydrogen) atoms. The summed E-state index contributed by atoms with van der Waals surface area (Å²) < 4.78 is 11.1. The maximum atomic E-state index is 11.6. The number of ether oxygens (including phenoxy) is 2. The SMILES string of the molecule is CCCCCCCCCCCC[C@H](O)[C@H]1CC[C@H]([C@H](O)C[C@H](O)CCCCCCCCC[C@@H](O)CCC2=C[C@H](C)OC2=O)O1. The van der Waals surface area contributed by atoms with E-state index in [1.165, 1.54) is 57.8 Å². The van der Waals surface area contributed by atoms with Gasteiger partial charge in [-0.1, -0.05) is 116 Å². The van der Waals surface area contributed by atoms with Crippen molar-refractivity contribution in [2.24, 2.45) is 0 Å². The fraction of sp³-hybridized carbons (Fsp3) is 0.919. The molecule has 2 aliphatic rings. The first-order valence-electron chi connectivity index (χ1n) is 18.6. The van der Waals surface area contributed by atoms with Gasteiger partial charge in [0.25, 0.3) is 0 Å². The Morgan fingerprint density at radius 3 is 1.66 bits per heavy atom. The van der Waals surface area contributed by atoms with Gasteiger partial charge < -0.3 is 29.9 Å². The molecule has 0 aromatic carbocycles. The highest BCUT2D eigenvalue weighted by atomic mass is 16.5. The normalized spacial score (nSPS) is 23.0. The van der Waals surface area contributed by atoms with Gasteiger partial charge in [-0.15, -0.1) is 0 Å². The molecule has 2 aliphatic heterocycles. The van der Waals surface area contributed by atoms with Crippen LogP contribution in [0.5, 0.6) is 0 Å². The third-order valence-electron chi connectivity index (χ3n) is 9.62. The van der Waals surface area contributed by atoms with Crippen LogP contribution in [-0.2, 0) is 14.3 Å². The Bertz CT molecular complexity index is 756. The van der Waals surface area contributed by atoms with Crippen LogP contribution in [0.3, 0.4) is 0 Å². The molecule has 0 aliphatic carbocycles. The molecule has 258 valence electrons. The molecule has 0 radical (unpaired) electrons. The van der Waals surface area contributed by atoms with Gasteiger partial charge in [0.1, 0.15) is 6.10 Å². The predicted octanol–water partition coefficient (Wildman–Crippen LogP) is 7.84. The van der Waals surface area contributed by atoms with Crippen LogP contribution in [0, 0.1) is 0 Å². The predicted molar refractivity (Wildman–Crippen MR) is 177 cm³/mol. The fourth-order valence-corrected chi connectivity index (χ4v) is 6.76. The van der Waals surface area contributed by atoms with Crippen molar-refractivity contribution in [3.63, 3.8) is 0 Å². The van der Waals surface area contributed by atoms with E-state index in [1.807, 2.05) is 13.0 Å². The number of unbranched alkanes of at least 4 members (excludes halogenated alkanes) is 15. The summed E-state index contributed by atoms with van der Waals surface area (Å²) in [6, 6.07) is 0. The van der Waals surface area contributed by atoms with Gasteiger partial charge in [0.15, 0.2) is 0 Å². The molecule has 0 aromatic rings. The molecule has 0 bridgehead atoms. The van der Waals surface area contributed by atoms with Crippen LogP contribution in [0.4, 0.5) is 0 Å². The Kier molecular flexibility index (Phi) is 21.6. The zero-order valence-corrected chi connectivity index (χ0v) is 28.3. The van der Waals surface area contributed by atoms with E-state index < -0.39 is 18.3 Å². The van der Waals surface area contributed by atoms with Crippen molar-refractivity contribution in [1.82, 2.24) is 0 Å². The number of hydrogen-bond donors (Lipinski definition) is 4. The Morgan fingerprint density at radius 2 is 1.14 bits per heavy atom. The van der Waals surface area contributed by atoms with E-state index in [0.717, 1.165) is 77.0 Å². The third-order valence-corrected chi connectivity index (χ3v) is 9.62. The summed E-state index contributed by atoms with van der Waals surface area (Å²) in [7, 11) is 0. The maximum Gasteiger partial charge on any atom is 0.334 e. The van der Waals surface area contributed by atoms with E-state index in [1.54, 1.807) is 0 Å². The second kappa shape index (κ2) is 24.2. The van der Waals surface area contributed by atoms with Crippen molar-refractivity contribution >= 4 is 5.97 Å². The lowest BCUT2D eigenvalue weighted by atomic mass is 9.98. The van der Waals surface area contributed by atoms with E-state index >= 15 is 0 Å². The second-order valence-electron chi connectivity index (χ2n) is 13.8. The summed E-state index contributed by atoms with van der Waals surface area (Å²) >= 11 is 0. The van der Waals surface area contributed by atoms with Gasteiger partial charge in [-0.25, -0.2) is 4.79 Å². The standard InChI is InChI=1S/C37H68O7/c1-3-4-5-6-7-8-9-13-16-19-22-33(40)35-25-26-36(44-35)34(41)28-32(39)21-18-15-12-10-11-14-17-20-31(38)24-23-30-27-29(2)43-37(30)42/h27,29,31-36,38-41H,3-26,28H2,1-2H3/t29-,31+,32+,33-,34+,35+,36+/m0/s1. The molecular formula is C37H68O7. The summed E-state index contributed by atoms with van der Waals surface area (Å²) in [6.07, 6.45) is 24.9. The van der Waals surface area contributed by atoms with Crippen molar-refractivity contribution in [1.29, 1.82) is 0 Å². The first kappa shape index (κ1) is 39.2. The van der Waals surface area contributed by atoms with Gasteiger partial charge in [-0.3, -0.25) is 0 Å². The maximum absolute atomic E-state index is 11.6. The van der Waals surface area contributed by atoms with Crippen molar-refractivity contribution in [3.8, 4) is 0 Å². The van der Waals surface area contributed by atoms with Crippen LogP contribution < -0.4 is 0 Å². The molecule has 0 amide bonds. The van der Waals surface area contributed by atoms with Crippen LogP contribution in [0.25, 0.3) is 0 Å². The van der Waals surface area contributed by atoms with Crippen molar-refractivity contribution in [2.45, 2.75) is 217 Å². The minimum Gasteiger partial charge on any atom is -0.455 e. The number of carbonyl (C=O) groups excluding carboxylic acids is 1. The smallest absolute Gasteiger partial charge is 0.334 e. The molecule has 4 N–H and O–H groups in total. The zero-order valence-electron chi connectivity index (χ0n) is 28.3. The van der Waals surface area contributed by atoms with E-state index in [0.29, 0.717) is 31.3 Å². The van der Waals surface area contributed by atoms with Gasteiger partial charge in [-0.2, -0.15) is 0 Å². The van der Waals surface area contributed by atoms with Gasteiger partial charge in [0.2, 0.25) is 0 Å². The Balaban J connectivity index is 1.39. The summed E-state index contributed by atoms with van der Waals surface area (Å²) in [6.45, 7) is 4.10. The monoisotopic (exact) mass is 624 g/mol. The highest BCUT2D eigenvalue weighted by Crippen LogP contribution is 2.29. The molecule has 0 unspecified atom stereocenters. The number of aliphatic hydroxyl groups is 4. The largest absolute Gasteiger partial charge is 0.455 e. The molecule has 1 fully saturated rings.